The molecular weight excluding hydrogens is 230 g/mol. The maximum Gasteiger partial charge on any atom is 0.248 e. The standard InChI is InChI=1S/C14H25NO3/c1-11-5-2-3-7-13(11)18-10-14(17)15-8-4-6-12(16)9-15/h11-13,16H,2-10H2,1H3. The van der Waals surface area contributed by atoms with Gasteiger partial charge in [-0.15, -0.1) is 0 Å². The Kier molecular flexibility index (Phi) is 5.01. The van der Waals surface area contributed by atoms with Crippen LogP contribution in [0.2, 0.25) is 0 Å². The Morgan fingerprint density at radius 1 is 1.28 bits per heavy atom. The van der Waals surface area contributed by atoms with Crippen molar-refractivity contribution in [1.29, 1.82) is 0 Å². The quantitative estimate of drug-likeness (QED) is 0.832. The molecule has 1 aliphatic carbocycles. The van der Waals surface area contributed by atoms with Gasteiger partial charge >= 0.3 is 0 Å². The average molecular weight is 255 g/mol. The predicted octanol–water partition coefficient (Wildman–Crippen LogP) is 1.57. The Balaban J connectivity index is 1.73. The number of carbonyl (C=O) groups excluding carboxylic acids is 1. The third kappa shape index (κ3) is 3.69. The van der Waals surface area contributed by atoms with Crippen molar-refractivity contribution >= 4 is 5.91 Å². The normalized spacial score (nSPS) is 33.4. The van der Waals surface area contributed by atoms with Gasteiger partial charge in [0.1, 0.15) is 6.61 Å². The van der Waals surface area contributed by atoms with Crippen molar-refractivity contribution in [3.05, 3.63) is 0 Å². The minimum Gasteiger partial charge on any atom is -0.391 e. The fourth-order valence-corrected chi connectivity index (χ4v) is 2.98. The zero-order valence-electron chi connectivity index (χ0n) is 11.3. The second kappa shape index (κ2) is 6.53. The Morgan fingerprint density at radius 2 is 2.06 bits per heavy atom. The van der Waals surface area contributed by atoms with E-state index in [0.29, 0.717) is 12.5 Å². The first-order chi connectivity index (χ1) is 8.66. The van der Waals surface area contributed by atoms with Gasteiger partial charge in [0.25, 0.3) is 0 Å². The van der Waals surface area contributed by atoms with Gasteiger partial charge in [-0.2, -0.15) is 0 Å². The van der Waals surface area contributed by atoms with Crippen molar-refractivity contribution in [3.8, 4) is 0 Å². The lowest BCUT2D eigenvalue weighted by atomic mass is 9.88. The van der Waals surface area contributed by atoms with E-state index in [2.05, 4.69) is 6.92 Å². The highest BCUT2D eigenvalue weighted by Crippen LogP contribution is 2.26. The molecular formula is C14H25NO3. The van der Waals surface area contributed by atoms with E-state index in [4.69, 9.17) is 4.74 Å². The zero-order valence-corrected chi connectivity index (χ0v) is 11.3. The first kappa shape index (κ1) is 13.8. The molecule has 2 rings (SSSR count). The van der Waals surface area contributed by atoms with Crippen LogP contribution in [0.4, 0.5) is 0 Å². The van der Waals surface area contributed by atoms with Gasteiger partial charge in [0.2, 0.25) is 5.91 Å². The summed E-state index contributed by atoms with van der Waals surface area (Å²) in [6.45, 7) is 3.63. The number of hydrogen-bond donors (Lipinski definition) is 1. The van der Waals surface area contributed by atoms with E-state index in [1.807, 2.05) is 0 Å². The van der Waals surface area contributed by atoms with E-state index in [0.717, 1.165) is 25.8 Å². The molecule has 18 heavy (non-hydrogen) atoms. The Labute approximate surface area is 109 Å². The molecule has 1 amide bonds. The molecule has 0 aromatic rings. The lowest BCUT2D eigenvalue weighted by Crippen LogP contribution is -2.44. The van der Waals surface area contributed by atoms with Crippen LogP contribution in [0.5, 0.6) is 0 Å². The van der Waals surface area contributed by atoms with Crippen LogP contribution < -0.4 is 0 Å². The molecule has 0 bridgehead atoms. The summed E-state index contributed by atoms with van der Waals surface area (Å²) in [6, 6.07) is 0. The molecule has 2 aliphatic rings. The maximum absolute atomic E-state index is 12.0. The molecule has 0 radical (unpaired) electrons. The minimum atomic E-state index is -0.351. The van der Waals surface area contributed by atoms with Gasteiger partial charge in [0, 0.05) is 13.1 Å². The highest BCUT2D eigenvalue weighted by atomic mass is 16.5. The van der Waals surface area contributed by atoms with Gasteiger partial charge in [-0.3, -0.25) is 4.79 Å². The van der Waals surface area contributed by atoms with E-state index in [1.54, 1.807) is 4.90 Å². The van der Waals surface area contributed by atoms with Gasteiger partial charge in [-0.05, 0) is 31.6 Å². The monoisotopic (exact) mass is 255 g/mol. The molecule has 2 fully saturated rings. The molecule has 104 valence electrons. The van der Waals surface area contributed by atoms with Crippen molar-refractivity contribution in [1.82, 2.24) is 4.90 Å². The number of piperidine rings is 1. The van der Waals surface area contributed by atoms with Gasteiger partial charge in [0.15, 0.2) is 0 Å². The highest BCUT2D eigenvalue weighted by Gasteiger charge is 2.25. The topological polar surface area (TPSA) is 49.8 Å². The van der Waals surface area contributed by atoms with Crippen LogP contribution in [0.25, 0.3) is 0 Å². The summed E-state index contributed by atoms with van der Waals surface area (Å²) in [6.07, 6.45) is 6.39. The molecule has 3 atom stereocenters. The van der Waals surface area contributed by atoms with E-state index in [9.17, 15) is 9.90 Å². The summed E-state index contributed by atoms with van der Waals surface area (Å²) in [5.41, 5.74) is 0. The summed E-state index contributed by atoms with van der Waals surface area (Å²) < 4.78 is 5.77. The number of hydrogen-bond acceptors (Lipinski definition) is 3. The fraction of sp³-hybridized carbons (Fsp3) is 0.929. The van der Waals surface area contributed by atoms with Gasteiger partial charge in [-0.25, -0.2) is 0 Å². The Hall–Kier alpha value is -0.610. The van der Waals surface area contributed by atoms with Crippen molar-refractivity contribution in [2.24, 2.45) is 5.92 Å². The lowest BCUT2D eigenvalue weighted by molar-refractivity contribution is -0.143. The van der Waals surface area contributed by atoms with Crippen LogP contribution in [-0.4, -0.2) is 47.8 Å². The number of β-amino-alcohol motifs (C(OH)–C–C–N with tert-alkyl or cyclic N) is 1. The predicted molar refractivity (Wildman–Crippen MR) is 69.2 cm³/mol. The van der Waals surface area contributed by atoms with Crippen molar-refractivity contribution < 1.29 is 14.6 Å². The number of amides is 1. The molecule has 0 aromatic heterocycles. The minimum absolute atomic E-state index is 0.0338. The molecule has 1 N–H and O–H groups in total. The number of ether oxygens (including phenoxy) is 1. The van der Waals surface area contributed by atoms with Crippen LogP contribution in [0, 0.1) is 5.92 Å². The molecule has 1 aliphatic heterocycles. The average Bonchev–Trinajstić information content (AvgIpc) is 2.37. The second-order valence-electron chi connectivity index (χ2n) is 5.75. The fourth-order valence-electron chi connectivity index (χ4n) is 2.98. The number of aliphatic hydroxyl groups excluding tert-OH is 1. The van der Waals surface area contributed by atoms with Crippen LogP contribution in [0.1, 0.15) is 45.4 Å². The van der Waals surface area contributed by atoms with Crippen molar-refractivity contribution in [2.75, 3.05) is 19.7 Å². The molecule has 3 unspecified atom stereocenters. The molecule has 1 heterocycles. The van der Waals surface area contributed by atoms with E-state index in [1.165, 1.54) is 19.3 Å². The zero-order chi connectivity index (χ0) is 13.0. The first-order valence-electron chi connectivity index (χ1n) is 7.24. The molecule has 1 saturated carbocycles. The molecule has 4 nitrogen and oxygen atoms in total. The van der Waals surface area contributed by atoms with Crippen LogP contribution in [-0.2, 0) is 9.53 Å². The van der Waals surface area contributed by atoms with Gasteiger partial charge in [0.05, 0.1) is 12.2 Å². The maximum atomic E-state index is 12.0. The van der Waals surface area contributed by atoms with E-state index < -0.39 is 0 Å². The highest BCUT2D eigenvalue weighted by molar-refractivity contribution is 5.77. The van der Waals surface area contributed by atoms with Crippen molar-refractivity contribution in [3.63, 3.8) is 0 Å². The number of rotatable bonds is 3. The van der Waals surface area contributed by atoms with Crippen LogP contribution in [0.15, 0.2) is 0 Å². The van der Waals surface area contributed by atoms with Gasteiger partial charge < -0.3 is 14.7 Å². The van der Waals surface area contributed by atoms with E-state index in [-0.39, 0.29) is 24.7 Å². The van der Waals surface area contributed by atoms with Crippen molar-refractivity contribution in [2.45, 2.75) is 57.7 Å². The lowest BCUT2D eigenvalue weighted by Gasteiger charge is -2.32. The smallest absolute Gasteiger partial charge is 0.248 e. The van der Waals surface area contributed by atoms with Crippen LogP contribution in [0.3, 0.4) is 0 Å². The molecule has 1 saturated heterocycles. The Bertz CT molecular complexity index is 282. The summed E-state index contributed by atoms with van der Waals surface area (Å²) in [4.78, 5) is 13.7. The number of likely N-dealkylation sites (tertiary alicyclic amines) is 1. The third-order valence-corrected chi connectivity index (χ3v) is 4.20. The summed E-state index contributed by atoms with van der Waals surface area (Å²) in [5.74, 6) is 0.602. The molecule has 0 spiro atoms. The number of carbonyl (C=O) groups is 1. The summed E-state index contributed by atoms with van der Waals surface area (Å²) in [7, 11) is 0. The molecule has 4 heteroatoms. The SMILES string of the molecule is CC1CCCCC1OCC(=O)N1CCCC(O)C1. The third-order valence-electron chi connectivity index (χ3n) is 4.20. The Morgan fingerprint density at radius 3 is 2.78 bits per heavy atom. The molecule has 0 aromatic carbocycles. The summed E-state index contributed by atoms with van der Waals surface area (Å²) in [5, 5.41) is 9.55. The van der Waals surface area contributed by atoms with Crippen LogP contribution >= 0.6 is 0 Å². The second-order valence-corrected chi connectivity index (χ2v) is 5.75. The number of nitrogens with zero attached hydrogens (tertiary/aromatic N) is 1. The largest absolute Gasteiger partial charge is 0.391 e. The first-order valence-corrected chi connectivity index (χ1v) is 7.24. The number of aliphatic hydroxyl groups is 1. The summed E-state index contributed by atoms with van der Waals surface area (Å²) >= 11 is 0. The van der Waals surface area contributed by atoms with Gasteiger partial charge in [-0.1, -0.05) is 19.8 Å². The van der Waals surface area contributed by atoms with E-state index >= 15 is 0 Å².